The van der Waals surface area contributed by atoms with Crippen molar-refractivity contribution in [1.29, 1.82) is 0 Å². The number of rotatable bonds is 7. The monoisotopic (exact) mass is 296 g/mol. The number of hydrogen-bond donors (Lipinski definition) is 1. The Kier molecular flexibility index (Phi) is 6.57. The summed E-state index contributed by atoms with van der Waals surface area (Å²) in [6, 6.07) is 3.85. The molecule has 0 unspecified atom stereocenters. The van der Waals surface area contributed by atoms with E-state index < -0.39 is 0 Å². The average molecular weight is 296 g/mol. The van der Waals surface area contributed by atoms with Crippen molar-refractivity contribution in [2.75, 3.05) is 5.75 Å². The van der Waals surface area contributed by atoms with Crippen LogP contribution in [0.25, 0.3) is 0 Å². The van der Waals surface area contributed by atoms with Gasteiger partial charge in [0.25, 0.3) is 0 Å². The fraction of sp³-hybridized carbons (Fsp3) is 0.571. The Morgan fingerprint density at radius 3 is 2.95 bits per heavy atom. The Hall–Kier alpha value is -0.680. The first-order valence-electron chi connectivity index (χ1n) is 6.78. The summed E-state index contributed by atoms with van der Waals surface area (Å²) in [5, 5.41) is 3.78. The molecule has 3 nitrogen and oxygen atoms in total. The van der Waals surface area contributed by atoms with E-state index in [1.807, 2.05) is 33.7 Å². The minimum Gasteiger partial charge on any atom is -0.352 e. The van der Waals surface area contributed by atoms with Crippen molar-refractivity contribution in [3.8, 4) is 0 Å². The minimum absolute atomic E-state index is 0.158. The Labute approximate surface area is 122 Å². The molecule has 1 aromatic rings. The highest BCUT2D eigenvalue weighted by Gasteiger charge is 2.15. The van der Waals surface area contributed by atoms with Gasteiger partial charge in [0.15, 0.2) is 0 Å². The van der Waals surface area contributed by atoms with Crippen LogP contribution < -0.4 is 5.32 Å². The molecular formula is C14H20N2OS2. The smallest absolute Gasteiger partial charge is 0.220 e. The van der Waals surface area contributed by atoms with E-state index in [-0.39, 0.29) is 5.91 Å². The second-order valence-corrected chi connectivity index (χ2v) is 7.49. The van der Waals surface area contributed by atoms with Crippen LogP contribution in [0.3, 0.4) is 0 Å². The number of aromatic nitrogens is 1. The molecule has 104 valence electrons. The first kappa shape index (κ1) is 14.7. The van der Waals surface area contributed by atoms with Crippen molar-refractivity contribution >= 4 is 27.5 Å². The van der Waals surface area contributed by atoms with Gasteiger partial charge in [-0.15, -0.1) is 0 Å². The zero-order chi connectivity index (χ0) is 13.3. The summed E-state index contributed by atoms with van der Waals surface area (Å²) in [5.74, 6) is 1.45. The van der Waals surface area contributed by atoms with Crippen LogP contribution in [0.2, 0.25) is 0 Å². The third-order valence-electron chi connectivity index (χ3n) is 3.15. The topological polar surface area (TPSA) is 42.0 Å². The summed E-state index contributed by atoms with van der Waals surface area (Å²) in [5.41, 5.74) is 1.10. The van der Waals surface area contributed by atoms with Crippen LogP contribution in [0.5, 0.6) is 0 Å². The molecule has 0 bridgehead atoms. The largest absolute Gasteiger partial charge is 0.352 e. The van der Waals surface area contributed by atoms with E-state index in [9.17, 15) is 4.79 Å². The Morgan fingerprint density at radius 1 is 1.37 bits per heavy atom. The highest BCUT2D eigenvalue weighted by molar-refractivity contribution is 8.77. The van der Waals surface area contributed by atoms with Gasteiger partial charge in [0, 0.05) is 36.4 Å². The average Bonchev–Trinajstić information content (AvgIpc) is 2.96. The molecule has 1 fully saturated rings. The quantitative estimate of drug-likeness (QED) is 0.618. The van der Waals surface area contributed by atoms with E-state index in [0.29, 0.717) is 13.0 Å². The minimum atomic E-state index is 0.158. The van der Waals surface area contributed by atoms with Gasteiger partial charge in [0.2, 0.25) is 5.91 Å². The standard InChI is InChI=1S/C14H20N2OS2/c17-14(16-11-12-5-8-15-9-6-12)4-2-1-3-13-7-10-18-19-13/h5-6,8-9,13H,1-4,7,10-11H2,(H,16,17)/t13-/m1/s1. The lowest BCUT2D eigenvalue weighted by molar-refractivity contribution is -0.121. The second-order valence-electron chi connectivity index (χ2n) is 4.71. The maximum atomic E-state index is 11.7. The summed E-state index contributed by atoms with van der Waals surface area (Å²) in [6.07, 6.45) is 8.91. The lowest BCUT2D eigenvalue weighted by Gasteiger charge is -2.07. The summed E-state index contributed by atoms with van der Waals surface area (Å²) in [4.78, 5) is 15.6. The Bertz CT molecular complexity index is 380. The van der Waals surface area contributed by atoms with Gasteiger partial charge in [0.1, 0.15) is 0 Å². The molecule has 19 heavy (non-hydrogen) atoms. The van der Waals surface area contributed by atoms with Crippen LogP contribution in [-0.4, -0.2) is 21.9 Å². The van der Waals surface area contributed by atoms with E-state index in [2.05, 4.69) is 10.3 Å². The molecule has 2 heterocycles. The number of amides is 1. The molecule has 5 heteroatoms. The van der Waals surface area contributed by atoms with Crippen molar-refractivity contribution in [3.63, 3.8) is 0 Å². The van der Waals surface area contributed by atoms with Crippen molar-refractivity contribution in [3.05, 3.63) is 30.1 Å². The van der Waals surface area contributed by atoms with E-state index in [1.54, 1.807) is 12.4 Å². The number of nitrogens with zero attached hydrogens (tertiary/aromatic N) is 1. The first-order valence-corrected chi connectivity index (χ1v) is 9.16. The van der Waals surface area contributed by atoms with E-state index in [4.69, 9.17) is 0 Å². The highest BCUT2D eigenvalue weighted by atomic mass is 33.1. The molecule has 1 aromatic heterocycles. The molecule has 2 rings (SSSR count). The Balaban J connectivity index is 1.52. The first-order chi connectivity index (χ1) is 9.34. The molecule has 1 aliphatic rings. The van der Waals surface area contributed by atoms with Crippen molar-refractivity contribution in [2.24, 2.45) is 0 Å². The van der Waals surface area contributed by atoms with E-state index in [0.717, 1.165) is 17.2 Å². The van der Waals surface area contributed by atoms with Gasteiger partial charge in [0.05, 0.1) is 0 Å². The van der Waals surface area contributed by atoms with Crippen LogP contribution >= 0.6 is 21.6 Å². The molecule has 0 saturated carbocycles. The molecule has 1 aliphatic heterocycles. The maximum absolute atomic E-state index is 11.7. The van der Waals surface area contributed by atoms with Gasteiger partial charge in [-0.05, 0) is 37.0 Å². The van der Waals surface area contributed by atoms with Crippen molar-refractivity contribution < 1.29 is 4.79 Å². The molecular weight excluding hydrogens is 276 g/mol. The van der Waals surface area contributed by atoms with Gasteiger partial charge in [-0.25, -0.2) is 0 Å². The summed E-state index contributed by atoms with van der Waals surface area (Å²) in [6.45, 7) is 0.608. The van der Waals surface area contributed by atoms with Gasteiger partial charge in [-0.3, -0.25) is 9.78 Å². The maximum Gasteiger partial charge on any atom is 0.220 e. The van der Waals surface area contributed by atoms with E-state index >= 15 is 0 Å². The molecule has 0 aliphatic carbocycles. The number of pyridine rings is 1. The Morgan fingerprint density at radius 2 is 2.21 bits per heavy atom. The van der Waals surface area contributed by atoms with Crippen LogP contribution in [0.1, 0.15) is 37.7 Å². The SMILES string of the molecule is O=C(CCCC[C@@H]1CCSS1)NCc1ccncc1. The normalized spacial score (nSPS) is 18.4. The number of hydrogen-bond acceptors (Lipinski definition) is 4. The van der Waals surface area contributed by atoms with Gasteiger partial charge < -0.3 is 5.32 Å². The van der Waals surface area contributed by atoms with Crippen LogP contribution in [-0.2, 0) is 11.3 Å². The van der Waals surface area contributed by atoms with Crippen LogP contribution in [0.15, 0.2) is 24.5 Å². The molecule has 0 aromatic carbocycles. The molecule has 1 amide bonds. The van der Waals surface area contributed by atoms with Gasteiger partial charge in [-0.1, -0.05) is 28.0 Å². The summed E-state index contributed by atoms with van der Waals surface area (Å²) < 4.78 is 0. The second kappa shape index (κ2) is 8.48. The van der Waals surface area contributed by atoms with Gasteiger partial charge in [-0.2, -0.15) is 0 Å². The third-order valence-corrected chi connectivity index (χ3v) is 6.15. The molecule has 1 saturated heterocycles. The third kappa shape index (κ3) is 5.87. The zero-order valence-electron chi connectivity index (χ0n) is 11.0. The predicted molar refractivity (Wildman–Crippen MR) is 83.0 cm³/mol. The summed E-state index contributed by atoms with van der Waals surface area (Å²) >= 11 is 0. The van der Waals surface area contributed by atoms with Crippen molar-refractivity contribution in [2.45, 2.75) is 43.9 Å². The number of carbonyl (C=O) groups is 1. The highest BCUT2D eigenvalue weighted by Crippen LogP contribution is 2.39. The molecule has 0 spiro atoms. The van der Waals surface area contributed by atoms with E-state index in [1.165, 1.54) is 25.0 Å². The van der Waals surface area contributed by atoms with Crippen LogP contribution in [0.4, 0.5) is 0 Å². The predicted octanol–water partition coefficient (Wildman–Crippen LogP) is 3.41. The fourth-order valence-corrected chi connectivity index (χ4v) is 5.04. The number of nitrogens with one attached hydrogen (secondary N) is 1. The lowest BCUT2D eigenvalue weighted by atomic mass is 10.1. The molecule has 1 atom stereocenters. The molecule has 0 radical (unpaired) electrons. The number of unbranched alkanes of at least 4 members (excludes halogenated alkanes) is 1. The fourth-order valence-electron chi connectivity index (χ4n) is 2.01. The van der Waals surface area contributed by atoms with Crippen molar-refractivity contribution in [1.82, 2.24) is 10.3 Å². The number of carbonyl (C=O) groups excluding carboxylic acids is 1. The zero-order valence-corrected chi connectivity index (χ0v) is 12.6. The lowest BCUT2D eigenvalue weighted by Crippen LogP contribution is -2.22. The van der Waals surface area contributed by atoms with Gasteiger partial charge >= 0.3 is 0 Å². The summed E-state index contributed by atoms with van der Waals surface area (Å²) in [7, 11) is 4.00. The molecule has 1 N–H and O–H groups in total. The van der Waals surface area contributed by atoms with Crippen LogP contribution in [0, 0.1) is 0 Å².